The van der Waals surface area contributed by atoms with Crippen molar-refractivity contribution in [2.45, 2.75) is 25.4 Å². The topological polar surface area (TPSA) is 125 Å². The number of hydrogen-bond donors (Lipinski definition) is 2. The number of nitrogens with one attached hydrogen (secondary N) is 2. The standard InChI is InChI=1S/C23H29ClF3N3O7S2/c1-34-10-11-35-18-7-6-16(5-3-9-36-22(31)30-39(32,33)29-8-4-12-38-2)20(14-18)37-21-19(24)13-17(15-28-21)23(25,26)27/h6-7,13-15,29H,3-5,8-12H2,1-2H3,(H,30,31). The van der Waals surface area contributed by atoms with Gasteiger partial charge in [-0.15, -0.1) is 0 Å². The number of carbonyl (C=O) groups excluding carboxylic acids is 1. The Labute approximate surface area is 234 Å². The molecule has 1 amide bonds. The van der Waals surface area contributed by atoms with Crippen LogP contribution in [0.3, 0.4) is 0 Å². The number of aromatic nitrogens is 1. The highest BCUT2D eigenvalue weighted by Crippen LogP contribution is 2.36. The Balaban J connectivity index is 2.03. The van der Waals surface area contributed by atoms with Gasteiger partial charge in [-0.1, -0.05) is 17.7 Å². The summed E-state index contributed by atoms with van der Waals surface area (Å²) in [6.45, 7) is 0.618. The summed E-state index contributed by atoms with van der Waals surface area (Å²) in [5.74, 6) is 1.13. The number of benzene rings is 1. The number of rotatable bonds is 16. The summed E-state index contributed by atoms with van der Waals surface area (Å²) in [5.41, 5.74) is -0.441. The highest BCUT2D eigenvalue weighted by molar-refractivity contribution is 7.98. The van der Waals surface area contributed by atoms with E-state index in [2.05, 4.69) is 9.71 Å². The van der Waals surface area contributed by atoms with Crippen LogP contribution >= 0.6 is 23.4 Å². The Hall–Kier alpha value is -2.46. The number of halogens is 4. The van der Waals surface area contributed by atoms with E-state index in [4.69, 9.17) is 30.5 Å². The maximum atomic E-state index is 13.0. The molecule has 2 N–H and O–H groups in total. The van der Waals surface area contributed by atoms with E-state index in [1.807, 2.05) is 6.26 Å². The van der Waals surface area contributed by atoms with Crippen molar-refractivity contribution in [3.05, 3.63) is 46.6 Å². The second kappa shape index (κ2) is 16.0. The maximum Gasteiger partial charge on any atom is 0.421 e. The normalized spacial score (nSPS) is 11.7. The molecule has 0 bridgehead atoms. The van der Waals surface area contributed by atoms with Gasteiger partial charge in [0.2, 0.25) is 5.88 Å². The van der Waals surface area contributed by atoms with Gasteiger partial charge in [0.25, 0.3) is 0 Å². The van der Waals surface area contributed by atoms with Crippen molar-refractivity contribution in [1.82, 2.24) is 14.4 Å². The molecule has 0 spiro atoms. The summed E-state index contributed by atoms with van der Waals surface area (Å²) in [6, 6.07) is 5.55. The SMILES string of the molecule is COCCOc1ccc(CCCOC(=O)NS(=O)(=O)NCCCSC)c(Oc2ncc(C(F)(F)F)cc2Cl)c1. The largest absolute Gasteiger partial charge is 0.491 e. The van der Waals surface area contributed by atoms with Crippen molar-refractivity contribution in [3.63, 3.8) is 0 Å². The Morgan fingerprint density at radius 1 is 1.15 bits per heavy atom. The summed E-state index contributed by atoms with van der Waals surface area (Å²) in [4.78, 5) is 15.6. The van der Waals surface area contributed by atoms with E-state index in [1.54, 1.807) is 28.6 Å². The molecule has 0 radical (unpaired) electrons. The average molecular weight is 616 g/mol. The molecule has 0 fully saturated rings. The number of ether oxygens (including phenoxy) is 4. The lowest BCUT2D eigenvalue weighted by Gasteiger charge is -2.15. The van der Waals surface area contributed by atoms with E-state index >= 15 is 0 Å². The van der Waals surface area contributed by atoms with Crippen LogP contribution in [-0.4, -0.2) is 65.0 Å². The zero-order valence-electron chi connectivity index (χ0n) is 21.2. The monoisotopic (exact) mass is 615 g/mol. The minimum absolute atomic E-state index is 0.126. The lowest BCUT2D eigenvalue weighted by Crippen LogP contribution is -2.41. The zero-order chi connectivity index (χ0) is 28.9. The molecule has 0 unspecified atom stereocenters. The van der Waals surface area contributed by atoms with E-state index in [0.717, 1.165) is 5.75 Å². The number of methoxy groups -OCH3 is 1. The molecular weight excluding hydrogens is 587 g/mol. The predicted molar refractivity (Wildman–Crippen MR) is 141 cm³/mol. The van der Waals surface area contributed by atoms with Gasteiger partial charge in [-0.25, -0.2) is 14.5 Å². The molecule has 2 rings (SSSR count). The Bertz CT molecular complexity index is 1190. The van der Waals surface area contributed by atoms with Crippen LogP contribution in [-0.2, 0) is 32.3 Å². The van der Waals surface area contributed by atoms with Gasteiger partial charge >= 0.3 is 22.5 Å². The van der Waals surface area contributed by atoms with Crippen molar-refractivity contribution >= 4 is 39.7 Å². The number of pyridine rings is 1. The number of aryl methyl sites for hydroxylation is 1. The molecule has 0 aliphatic carbocycles. The number of alkyl halides is 3. The van der Waals surface area contributed by atoms with Gasteiger partial charge in [0, 0.05) is 25.9 Å². The molecule has 1 aromatic carbocycles. The van der Waals surface area contributed by atoms with Gasteiger partial charge in [-0.2, -0.15) is 38.1 Å². The predicted octanol–water partition coefficient (Wildman–Crippen LogP) is 4.82. The first-order valence-electron chi connectivity index (χ1n) is 11.5. The fourth-order valence-electron chi connectivity index (χ4n) is 2.95. The van der Waals surface area contributed by atoms with Crippen LogP contribution in [0, 0.1) is 0 Å². The number of carbonyl (C=O) groups is 1. The third-order valence-electron chi connectivity index (χ3n) is 4.79. The molecule has 218 valence electrons. The van der Waals surface area contributed by atoms with Gasteiger partial charge in [-0.05, 0) is 49.0 Å². The summed E-state index contributed by atoms with van der Waals surface area (Å²) < 4.78 is 87.8. The van der Waals surface area contributed by atoms with Crippen LogP contribution in [0.15, 0.2) is 30.5 Å². The number of hydrogen-bond acceptors (Lipinski definition) is 9. The molecule has 0 aliphatic heterocycles. The zero-order valence-corrected chi connectivity index (χ0v) is 23.6. The molecule has 39 heavy (non-hydrogen) atoms. The van der Waals surface area contributed by atoms with Crippen LogP contribution in [0.25, 0.3) is 0 Å². The first-order chi connectivity index (χ1) is 18.4. The fraction of sp³-hybridized carbons (Fsp3) is 0.478. The fourth-order valence-corrected chi connectivity index (χ4v) is 4.36. The minimum Gasteiger partial charge on any atom is -0.491 e. The highest BCUT2D eigenvalue weighted by atomic mass is 35.5. The van der Waals surface area contributed by atoms with Gasteiger partial charge in [0.05, 0.1) is 18.8 Å². The summed E-state index contributed by atoms with van der Waals surface area (Å²) in [5, 5.41) is -0.343. The van der Waals surface area contributed by atoms with Crippen molar-refractivity contribution in [2.24, 2.45) is 0 Å². The molecule has 16 heteroatoms. The molecule has 2 aromatic rings. The van der Waals surface area contributed by atoms with Gasteiger partial charge in [0.1, 0.15) is 23.1 Å². The quantitative estimate of drug-likeness (QED) is 0.256. The van der Waals surface area contributed by atoms with Crippen molar-refractivity contribution < 1.29 is 45.3 Å². The van der Waals surface area contributed by atoms with Crippen LogP contribution in [0.4, 0.5) is 18.0 Å². The lowest BCUT2D eigenvalue weighted by molar-refractivity contribution is -0.137. The summed E-state index contributed by atoms with van der Waals surface area (Å²) >= 11 is 7.55. The highest BCUT2D eigenvalue weighted by Gasteiger charge is 2.32. The van der Waals surface area contributed by atoms with Crippen LogP contribution in [0.1, 0.15) is 24.0 Å². The Kier molecular flexibility index (Phi) is 13.4. The van der Waals surface area contributed by atoms with Crippen molar-refractivity contribution in [1.29, 1.82) is 0 Å². The number of amides is 1. The summed E-state index contributed by atoms with van der Waals surface area (Å²) in [7, 11) is -2.53. The molecule has 1 aromatic heterocycles. The molecule has 0 aliphatic rings. The van der Waals surface area contributed by atoms with E-state index in [0.29, 0.717) is 43.0 Å². The first kappa shape index (κ1) is 32.8. The molecule has 0 saturated carbocycles. The van der Waals surface area contributed by atoms with Gasteiger partial charge in [0.15, 0.2) is 0 Å². The molecule has 10 nitrogen and oxygen atoms in total. The average Bonchev–Trinajstić information content (AvgIpc) is 2.86. The lowest BCUT2D eigenvalue weighted by atomic mass is 10.1. The third kappa shape index (κ3) is 12.1. The summed E-state index contributed by atoms with van der Waals surface area (Å²) in [6.07, 6.45) is -2.09. The van der Waals surface area contributed by atoms with Crippen LogP contribution in [0.5, 0.6) is 17.4 Å². The molecule has 0 saturated heterocycles. The minimum atomic E-state index is -4.62. The third-order valence-corrected chi connectivity index (χ3v) is 6.78. The second-order valence-electron chi connectivity index (χ2n) is 7.81. The van der Waals surface area contributed by atoms with E-state index < -0.39 is 28.0 Å². The Morgan fingerprint density at radius 3 is 2.59 bits per heavy atom. The van der Waals surface area contributed by atoms with Crippen LogP contribution in [0.2, 0.25) is 5.02 Å². The van der Waals surface area contributed by atoms with Crippen molar-refractivity contribution in [2.75, 3.05) is 45.5 Å². The van der Waals surface area contributed by atoms with E-state index in [-0.39, 0.29) is 42.8 Å². The molecular formula is C23H29ClF3N3O7S2. The first-order valence-corrected chi connectivity index (χ1v) is 14.8. The number of nitrogens with zero attached hydrogens (tertiary/aromatic N) is 1. The van der Waals surface area contributed by atoms with Crippen molar-refractivity contribution in [3.8, 4) is 17.4 Å². The second-order valence-corrected chi connectivity index (χ2v) is 10.7. The van der Waals surface area contributed by atoms with E-state index in [1.165, 1.54) is 13.2 Å². The van der Waals surface area contributed by atoms with E-state index in [9.17, 15) is 26.4 Å². The maximum absolute atomic E-state index is 13.0. The van der Waals surface area contributed by atoms with Gasteiger partial charge < -0.3 is 18.9 Å². The Morgan fingerprint density at radius 2 is 1.92 bits per heavy atom. The molecule has 1 heterocycles. The molecule has 0 atom stereocenters. The van der Waals surface area contributed by atoms with Crippen LogP contribution < -0.4 is 18.9 Å². The smallest absolute Gasteiger partial charge is 0.421 e. The number of thioether (sulfide) groups is 1. The van der Waals surface area contributed by atoms with Gasteiger partial charge in [-0.3, -0.25) is 0 Å².